The summed E-state index contributed by atoms with van der Waals surface area (Å²) in [5, 5.41) is 2.74. The van der Waals surface area contributed by atoms with Crippen LogP contribution in [0, 0.1) is 18.2 Å². The van der Waals surface area contributed by atoms with Crippen molar-refractivity contribution in [2.75, 3.05) is 18.5 Å². The number of halogens is 1. The molecule has 1 aromatic rings. The summed E-state index contributed by atoms with van der Waals surface area (Å²) in [6.07, 6.45) is 0.894. The highest BCUT2D eigenvalue weighted by atomic mass is 32.1. The van der Waals surface area contributed by atoms with E-state index in [1.165, 1.54) is 12.1 Å². The first kappa shape index (κ1) is 14.9. The van der Waals surface area contributed by atoms with Crippen molar-refractivity contribution in [3.63, 3.8) is 0 Å². The molecule has 108 valence electrons. The van der Waals surface area contributed by atoms with Gasteiger partial charge in [-0.2, -0.15) is 0 Å². The molecule has 3 N–H and O–H groups in total. The number of benzene rings is 1. The van der Waals surface area contributed by atoms with Gasteiger partial charge in [-0.05, 0) is 37.5 Å². The van der Waals surface area contributed by atoms with Crippen LogP contribution in [-0.2, 0) is 9.53 Å². The second-order valence-corrected chi connectivity index (χ2v) is 5.41. The Morgan fingerprint density at radius 2 is 2.10 bits per heavy atom. The molecule has 1 saturated heterocycles. The zero-order chi connectivity index (χ0) is 14.8. The largest absolute Gasteiger partial charge is 0.392 e. The van der Waals surface area contributed by atoms with Gasteiger partial charge in [0.15, 0.2) is 0 Å². The molecule has 1 aromatic carbocycles. The second kappa shape index (κ2) is 5.85. The number of carbonyl (C=O) groups is 1. The van der Waals surface area contributed by atoms with Crippen molar-refractivity contribution >= 4 is 28.8 Å². The molecule has 0 saturated carbocycles. The van der Waals surface area contributed by atoms with Crippen molar-refractivity contribution in [1.29, 1.82) is 0 Å². The molecule has 0 spiro atoms. The van der Waals surface area contributed by atoms with Gasteiger partial charge in [-0.25, -0.2) is 4.39 Å². The smallest absolute Gasteiger partial charge is 0.237 e. The van der Waals surface area contributed by atoms with Gasteiger partial charge in [0.25, 0.3) is 0 Å². The zero-order valence-electron chi connectivity index (χ0n) is 11.2. The first-order valence-electron chi connectivity index (χ1n) is 6.41. The second-order valence-electron chi connectivity index (χ2n) is 4.97. The quantitative estimate of drug-likeness (QED) is 0.839. The molecule has 0 atom stereocenters. The summed E-state index contributed by atoms with van der Waals surface area (Å²) >= 11 is 5.07. The molecule has 0 bridgehead atoms. The number of carbonyl (C=O) groups excluding carboxylic acids is 1. The molecule has 1 aliphatic heterocycles. The highest BCUT2D eigenvalue weighted by Crippen LogP contribution is 2.33. The van der Waals surface area contributed by atoms with Crippen LogP contribution in [0.5, 0.6) is 0 Å². The Morgan fingerprint density at radius 3 is 2.70 bits per heavy atom. The van der Waals surface area contributed by atoms with Crippen LogP contribution in [0.25, 0.3) is 0 Å². The summed E-state index contributed by atoms with van der Waals surface area (Å²) in [7, 11) is 0. The molecule has 0 radical (unpaired) electrons. The number of ether oxygens (including phenoxy) is 1. The first-order chi connectivity index (χ1) is 9.45. The lowest BCUT2D eigenvalue weighted by Crippen LogP contribution is -2.49. The van der Waals surface area contributed by atoms with E-state index in [0.29, 0.717) is 31.7 Å². The predicted molar refractivity (Wildman–Crippen MR) is 79.0 cm³/mol. The van der Waals surface area contributed by atoms with E-state index in [1.807, 2.05) is 0 Å². The van der Waals surface area contributed by atoms with Crippen LogP contribution in [0.15, 0.2) is 18.2 Å². The monoisotopic (exact) mass is 296 g/mol. The van der Waals surface area contributed by atoms with Gasteiger partial charge in [-0.15, -0.1) is 0 Å². The standard InChI is InChI=1S/C14H17FN2O2S/c1-9-2-3-10(15)8-11(9)17-13(18)14(12(16)20)4-6-19-7-5-14/h2-3,8H,4-7H2,1H3,(H2,16,20)(H,17,18). The van der Waals surface area contributed by atoms with Gasteiger partial charge in [0.2, 0.25) is 5.91 Å². The summed E-state index contributed by atoms with van der Waals surface area (Å²) in [6, 6.07) is 4.25. The molecule has 1 fully saturated rings. The van der Waals surface area contributed by atoms with Crippen molar-refractivity contribution in [3.05, 3.63) is 29.6 Å². The molecule has 6 heteroatoms. The minimum atomic E-state index is -0.910. The van der Waals surface area contributed by atoms with Gasteiger partial charge in [0.05, 0.1) is 4.99 Å². The Morgan fingerprint density at radius 1 is 1.45 bits per heavy atom. The van der Waals surface area contributed by atoms with E-state index in [0.717, 1.165) is 5.56 Å². The molecule has 1 amide bonds. The average molecular weight is 296 g/mol. The van der Waals surface area contributed by atoms with Gasteiger partial charge >= 0.3 is 0 Å². The lowest BCUT2D eigenvalue weighted by atomic mass is 9.79. The molecule has 0 unspecified atom stereocenters. The Kier molecular flexibility index (Phi) is 4.35. The van der Waals surface area contributed by atoms with E-state index in [2.05, 4.69) is 5.32 Å². The Balaban J connectivity index is 2.25. The number of hydrogen-bond donors (Lipinski definition) is 2. The van der Waals surface area contributed by atoms with E-state index in [9.17, 15) is 9.18 Å². The van der Waals surface area contributed by atoms with Crippen molar-refractivity contribution in [2.45, 2.75) is 19.8 Å². The van der Waals surface area contributed by atoms with Crippen LogP contribution in [0.2, 0.25) is 0 Å². The normalized spacial score (nSPS) is 17.5. The number of nitrogens with two attached hydrogens (primary N) is 1. The van der Waals surface area contributed by atoms with Crippen molar-refractivity contribution in [2.24, 2.45) is 11.1 Å². The molecular formula is C14H17FN2O2S. The summed E-state index contributed by atoms with van der Waals surface area (Å²) in [4.78, 5) is 12.7. The van der Waals surface area contributed by atoms with Crippen molar-refractivity contribution in [1.82, 2.24) is 0 Å². The Labute approximate surface area is 122 Å². The van der Waals surface area contributed by atoms with E-state index >= 15 is 0 Å². The topological polar surface area (TPSA) is 64.4 Å². The SMILES string of the molecule is Cc1ccc(F)cc1NC(=O)C1(C(N)=S)CCOCC1. The number of hydrogen-bond acceptors (Lipinski definition) is 3. The first-order valence-corrected chi connectivity index (χ1v) is 6.82. The third kappa shape index (κ3) is 2.81. The summed E-state index contributed by atoms with van der Waals surface area (Å²) in [6.45, 7) is 2.67. The number of anilines is 1. The molecule has 0 aromatic heterocycles. The van der Waals surface area contributed by atoms with Crippen LogP contribution in [-0.4, -0.2) is 24.1 Å². The molecule has 20 heavy (non-hydrogen) atoms. The van der Waals surface area contributed by atoms with Gasteiger partial charge in [-0.3, -0.25) is 4.79 Å². The van der Waals surface area contributed by atoms with Crippen LogP contribution < -0.4 is 11.1 Å². The fourth-order valence-corrected chi connectivity index (χ4v) is 2.57. The Hall–Kier alpha value is -1.53. The minimum absolute atomic E-state index is 0.160. The van der Waals surface area contributed by atoms with E-state index in [1.54, 1.807) is 13.0 Å². The van der Waals surface area contributed by atoms with Crippen LogP contribution in [0.1, 0.15) is 18.4 Å². The fourth-order valence-electron chi connectivity index (χ4n) is 2.28. The van der Waals surface area contributed by atoms with Crippen LogP contribution in [0.3, 0.4) is 0 Å². The molecule has 0 aliphatic carbocycles. The number of aryl methyl sites for hydroxylation is 1. The molecule has 2 rings (SSSR count). The highest BCUT2D eigenvalue weighted by Gasteiger charge is 2.43. The van der Waals surface area contributed by atoms with Gasteiger partial charge in [0.1, 0.15) is 11.2 Å². The third-order valence-electron chi connectivity index (χ3n) is 3.70. The summed E-state index contributed by atoms with van der Waals surface area (Å²) in [5.74, 6) is -0.691. The Bertz CT molecular complexity index is 542. The van der Waals surface area contributed by atoms with Gasteiger partial charge in [0, 0.05) is 18.9 Å². The van der Waals surface area contributed by atoms with Crippen LogP contribution in [0.4, 0.5) is 10.1 Å². The lowest BCUT2D eigenvalue weighted by Gasteiger charge is -2.34. The number of nitrogens with one attached hydrogen (secondary N) is 1. The minimum Gasteiger partial charge on any atom is -0.392 e. The van der Waals surface area contributed by atoms with Crippen molar-refractivity contribution in [3.8, 4) is 0 Å². The molecule has 4 nitrogen and oxygen atoms in total. The summed E-state index contributed by atoms with van der Waals surface area (Å²) in [5.41, 5.74) is 6.08. The molecule has 1 heterocycles. The summed E-state index contributed by atoms with van der Waals surface area (Å²) < 4.78 is 18.5. The maximum absolute atomic E-state index is 13.3. The maximum Gasteiger partial charge on any atom is 0.237 e. The number of amides is 1. The van der Waals surface area contributed by atoms with Gasteiger partial charge < -0.3 is 15.8 Å². The maximum atomic E-state index is 13.3. The fraction of sp³-hybridized carbons (Fsp3) is 0.429. The van der Waals surface area contributed by atoms with Gasteiger partial charge in [-0.1, -0.05) is 18.3 Å². The predicted octanol–water partition coefficient (Wildman–Crippen LogP) is 2.16. The molecule has 1 aliphatic rings. The van der Waals surface area contributed by atoms with Crippen molar-refractivity contribution < 1.29 is 13.9 Å². The molecular weight excluding hydrogens is 279 g/mol. The highest BCUT2D eigenvalue weighted by molar-refractivity contribution is 7.80. The zero-order valence-corrected chi connectivity index (χ0v) is 12.1. The lowest BCUT2D eigenvalue weighted by molar-refractivity contribution is -0.126. The average Bonchev–Trinajstić information content (AvgIpc) is 2.43. The number of rotatable bonds is 3. The van der Waals surface area contributed by atoms with E-state index < -0.39 is 11.2 Å². The van der Waals surface area contributed by atoms with E-state index in [4.69, 9.17) is 22.7 Å². The van der Waals surface area contributed by atoms with Crippen LogP contribution >= 0.6 is 12.2 Å². The number of thiocarbonyl (C=S) groups is 1. The van der Waals surface area contributed by atoms with E-state index in [-0.39, 0.29) is 10.9 Å². The third-order valence-corrected chi connectivity index (χ3v) is 4.09.